The number of furan rings is 1. The van der Waals surface area contributed by atoms with Gasteiger partial charge < -0.3 is 13.9 Å². The fraction of sp³-hybridized carbons (Fsp3) is 0.368. The van der Waals surface area contributed by atoms with Crippen LogP contribution in [0.25, 0.3) is 21.9 Å². The van der Waals surface area contributed by atoms with Crippen molar-refractivity contribution in [3.05, 3.63) is 36.1 Å². The third kappa shape index (κ3) is 2.52. The molecule has 0 atom stereocenters. The van der Waals surface area contributed by atoms with Gasteiger partial charge in [0.25, 0.3) is 0 Å². The van der Waals surface area contributed by atoms with E-state index in [1.54, 1.807) is 6.07 Å². The van der Waals surface area contributed by atoms with Crippen LogP contribution >= 0.6 is 0 Å². The molecule has 1 aliphatic carbocycles. The Labute approximate surface area is 134 Å². The molecular weight excluding hydrogens is 295 g/mol. The van der Waals surface area contributed by atoms with Crippen LogP contribution in [0.1, 0.15) is 32.6 Å². The van der Waals surface area contributed by atoms with E-state index in [0.29, 0.717) is 12.2 Å². The summed E-state index contributed by atoms with van der Waals surface area (Å²) in [5, 5.41) is 1.65. The normalized spacial score (nSPS) is 15.6. The van der Waals surface area contributed by atoms with Crippen LogP contribution < -0.4 is 9.47 Å². The fourth-order valence-corrected chi connectivity index (χ4v) is 3.31. The van der Waals surface area contributed by atoms with E-state index < -0.39 is 5.82 Å². The van der Waals surface area contributed by atoms with Gasteiger partial charge >= 0.3 is 0 Å². The third-order valence-corrected chi connectivity index (χ3v) is 4.42. The van der Waals surface area contributed by atoms with Gasteiger partial charge in [-0.05, 0) is 56.9 Å². The molecule has 0 bridgehead atoms. The Morgan fingerprint density at radius 1 is 1.13 bits per heavy atom. The number of ether oxygens (including phenoxy) is 2. The van der Waals surface area contributed by atoms with Gasteiger partial charge in [0.05, 0.1) is 12.7 Å². The number of fused-ring (bicyclic) bond motifs is 3. The van der Waals surface area contributed by atoms with Crippen molar-refractivity contribution in [2.45, 2.75) is 38.7 Å². The van der Waals surface area contributed by atoms with Gasteiger partial charge in [-0.25, -0.2) is 0 Å². The first kappa shape index (κ1) is 14.4. The minimum atomic E-state index is -0.446. The van der Waals surface area contributed by atoms with Crippen LogP contribution in [-0.4, -0.2) is 12.7 Å². The van der Waals surface area contributed by atoms with Crippen molar-refractivity contribution in [3.8, 4) is 11.5 Å². The van der Waals surface area contributed by atoms with E-state index in [9.17, 15) is 4.39 Å². The Morgan fingerprint density at radius 3 is 2.70 bits per heavy atom. The van der Waals surface area contributed by atoms with E-state index >= 15 is 0 Å². The lowest BCUT2D eigenvalue weighted by Crippen LogP contribution is -2.10. The zero-order valence-electron chi connectivity index (χ0n) is 13.1. The summed E-state index contributed by atoms with van der Waals surface area (Å²) in [5.41, 5.74) is 0.881. The SMILES string of the molecule is CCOc1ccc2c(oc3cc(OC4CCCC4)ccc32)c1F. The maximum absolute atomic E-state index is 14.5. The minimum absolute atomic E-state index is 0.224. The van der Waals surface area contributed by atoms with Crippen LogP contribution in [0.5, 0.6) is 11.5 Å². The van der Waals surface area contributed by atoms with Gasteiger partial charge in [-0.3, -0.25) is 0 Å². The Bertz CT molecular complexity index is 847. The predicted octanol–water partition coefficient (Wildman–Crippen LogP) is 5.45. The second-order valence-electron chi connectivity index (χ2n) is 5.97. The Kier molecular flexibility index (Phi) is 3.60. The molecule has 120 valence electrons. The van der Waals surface area contributed by atoms with Crippen LogP contribution in [-0.2, 0) is 0 Å². The molecule has 0 aliphatic heterocycles. The van der Waals surface area contributed by atoms with E-state index in [1.165, 1.54) is 12.8 Å². The summed E-state index contributed by atoms with van der Waals surface area (Å²) in [6.45, 7) is 2.25. The van der Waals surface area contributed by atoms with Crippen molar-refractivity contribution in [3.63, 3.8) is 0 Å². The van der Waals surface area contributed by atoms with Gasteiger partial charge in [-0.2, -0.15) is 4.39 Å². The third-order valence-electron chi connectivity index (χ3n) is 4.42. The molecule has 4 rings (SSSR count). The second kappa shape index (κ2) is 5.76. The highest BCUT2D eigenvalue weighted by Crippen LogP contribution is 2.36. The van der Waals surface area contributed by atoms with Gasteiger partial charge in [-0.1, -0.05) is 0 Å². The lowest BCUT2D eigenvalue weighted by atomic mass is 10.1. The Hall–Kier alpha value is -2.23. The van der Waals surface area contributed by atoms with Crippen molar-refractivity contribution in [2.75, 3.05) is 6.61 Å². The molecule has 1 saturated carbocycles. The minimum Gasteiger partial charge on any atom is -0.491 e. The van der Waals surface area contributed by atoms with Gasteiger partial charge in [0.2, 0.25) is 5.82 Å². The van der Waals surface area contributed by atoms with E-state index in [-0.39, 0.29) is 17.4 Å². The molecule has 1 aliphatic rings. The largest absolute Gasteiger partial charge is 0.491 e. The zero-order valence-corrected chi connectivity index (χ0v) is 13.1. The fourth-order valence-electron chi connectivity index (χ4n) is 3.31. The number of benzene rings is 2. The molecule has 1 heterocycles. The van der Waals surface area contributed by atoms with Crippen LogP contribution in [0, 0.1) is 5.82 Å². The molecule has 0 unspecified atom stereocenters. The molecular formula is C19H19FO3. The topological polar surface area (TPSA) is 31.6 Å². The molecule has 0 spiro atoms. The first-order chi connectivity index (χ1) is 11.3. The first-order valence-corrected chi connectivity index (χ1v) is 8.20. The Balaban J connectivity index is 1.76. The summed E-state index contributed by atoms with van der Waals surface area (Å²) < 4.78 is 31.5. The summed E-state index contributed by atoms with van der Waals surface area (Å²) in [6.07, 6.45) is 4.94. The van der Waals surface area contributed by atoms with Crippen LogP contribution in [0.2, 0.25) is 0 Å². The monoisotopic (exact) mass is 314 g/mol. The van der Waals surface area contributed by atoms with E-state index in [4.69, 9.17) is 13.9 Å². The maximum atomic E-state index is 14.5. The van der Waals surface area contributed by atoms with E-state index in [2.05, 4.69) is 0 Å². The molecule has 1 aromatic heterocycles. The molecule has 0 N–H and O–H groups in total. The quantitative estimate of drug-likeness (QED) is 0.642. The lowest BCUT2D eigenvalue weighted by Gasteiger charge is -2.12. The molecule has 23 heavy (non-hydrogen) atoms. The van der Waals surface area contributed by atoms with Crippen molar-refractivity contribution < 1.29 is 18.3 Å². The van der Waals surface area contributed by atoms with Crippen LogP contribution in [0.15, 0.2) is 34.7 Å². The predicted molar refractivity (Wildman–Crippen MR) is 87.7 cm³/mol. The molecule has 0 amide bonds. The number of rotatable bonds is 4. The van der Waals surface area contributed by atoms with Crippen LogP contribution in [0.4, 0.5) is 4.39 Å². The molecule has 3 nitrogen and oxygen atoms in total. The van der Waals surface area contributed by atoms with E-state index in [0.717, 1.165) is 29.4 Å². The average molecular weight is 314 g/mol. The van der Waals surface area contributed by atoms with Crippen molar-refractivity contribution in [1.82, 2.24) is 0 Å². The molecule has 4 heteroatoms. The number of hydrogen-bond donors (Lipinski definition) is 0. The smallest absolute Gasteiger partial charge is 0.208 e. The lowest BCUT2D eigenvalue weighted by molar-refractivity contribution is 0.210. The van der Waals surface area contributed by atoms with Gasteiger partial charge in [0.1, 0.15) is 11.3 Å². The first-order valence-electron chi connectivity index (χ1n) is 8.20. The second-order valence-corrected chi connectivity index (χ2v) is 5.97. The van der Waals surface area contributed by atoms with Crippen molar-refractivity contribution in [1.29, 1.82) is 0 Å². The van der Waals surface area contributed by atoms with Crippen molar-refractivity contribution >= 4 is 21.9 Å². The maximum Gasteiger partial charge on any atom is 0.208 e. The van der Waals surface area contributed by atoms with Gasteiger partial charge in [0, 0.05) is 16.8 Å². The average Bonchev–Trinajstić information content (AvgIpc) is 3.18. The summed E-state index contributed by atoms with van der Waals surface area (Å²) >= 11 is 0. The summed E-state index contributed by atoms with van der Waals surface area (Å²) in [6, 6.07) is 9.22. The van der Waals surface area contributed by atoms with Crippen molar-refractivity contribution in [2.24, 2.45) is 0 Å². The standard InChI is InChI=1S/C19H19FO3/c1-2-21-16-10-9-15-14-8-7-13(22-12-5-3-4-6-12)11-17(14)23-19(15)18(16)20/h7-12H,2-6H2,1H3. The Morgan fingerprint density at radius 2 is 1.91 bits per heavy atom. The zero-order chi connectivity index (χ0) is 15.8. The highest BCUT2D eigenvalue weighted by atomic mass is 19.1. The van der Waals surface area contributed by atoms with Gasteiger partial charge in [-0.15, -0.1) is 0 Å². The molecule has 1 fully saturated rings. The molecule has 3 aromatic rings. The summed E-state index contributed by atoms with van der Waals surface area (Å²) in [7, 11) is 0. The molecule has 2 aromatic carbocycles. The highest BCUT2D eigenvalue weighted by molar-refractivity contribution is 6.05. The molecule has 0 radical (unpaired) electrons. The summed E-state index contributed by atoms with van der Waals surface area (Å²) in [4.78, 5) is 0. The summed E-state index contributed by atoms with van der Waals surface area (Å²) in [5.74, 6) is 0.564. The van der Waals surface area contributed by atoms with E-state index in [1.807, 2.05) is 31.2 Å². The number of hydrogen-bond acceptors (Lipinski definition) is 3. The number of halogens is 1. The van der Waals surface area contributed by atoms with Crippen LogP contribution in [0.3, 0.4) is 0 Å². The molecule has 0 saturated heterocycles. The highest BCUT2D eigenvalue weighted by Gasteiger charge is 2.19. The van der Waals surface area contributed by atoms with Gasteiger partial charge in [0.15, 0.2) is 11.3 Å².